The van der Waals surface area contributed by atoms with Gasteiger partial charge >= 0.3 is 0 Å². The lowest BCUT2D eigenvalue weighted by Gasteiger charge is -2.16. The SMILES string of the molecule is CCc1ccc(-c2cccc(-c3nc(-c4cccc(-c5ccc(CC)cc5)c4)nc(-c4ccc(-c5cc6ccccc6c6ccccc56)c5ccccc45)n3)c2)cc1. The van der Waals surface area contributed by atoms with E-state index in [0.29, 0.717) is 17.5 Å². The number of nitrogens with zero attached hydrogens (tertiary/aromatic N) is 3. The lowest BCUT2D eigenvalue weighted by atomic mass is 9.89. The van der Waals surface area contributed by atoms with Gasteiger partial charge in [-0.15, -0.1) is 0 Å². The van der Waals surface area contributed by atoms with E-state index < -0.39 is 0 Å². The molecule has 10 rings (SSSR count). The van der Waals surface area contributed by atoms with Crippen molar-refractivity contribution >= 4 is 32.3 Å². The third kappa shape index (κ3) is 6.51. The minimum absolute atomic E-state index is 0.637. The van der Waals surface area contributed by atoms with Crippen LogP contribution in [0.1, 0.15) is 25.0 Å². The van der Waals surface area contributed by atoms with Crippen LogP contribution in [0.5, 0.6) is 0 Å². The summed E-state index contributed by atoms with van der Waals surface area (Å²) in [6, 6.07) is 67.6. The number of fused-ring (bicyclic) bond motifs is 4. The molecule has 0 aliphatic carbocycles. The molecule has 1 heterocycles. The summed E-state index contributed by atoms with van der Waals surface area (Å²) in [5, 5.41) is 7.22. The Bertz CT molecular complexity index is 3020. The van der Waals surface area contributed by atoms with Gasteiger partial charge in [-0.2, -0.15) is 0 Å². The molecule has 0 unspecified atom stereocenters. The maximum absolute atomic E-state index is 5.28. The fourth-order valence-electron chi connectivity index (χ4n) is 8.30. The molecule has 0 atom stereocenters. The monoisotopic (exact) mass is 743 g/mol. The Hall–Kier alpha value is -7.23. The van der Waals surface area contributed by atoms with Crippen LogP contribution in [0.4, 0.5) is 0 Å². The van der Waals surface area contributed by atoms with E-state index in [4.69, 9.17) is 15.0 Å². The highest BCUT2D eigenvalue weighted by Crippen LogP contribution is 2.41. The highest BCUT2D eigenvalue weighted by atomic mass is 15.0. The molecule has 0 saturated carbocycles. The first-order valence-corrected chi connectivity index (χ1v) is 20.2. The summed E-state index contributed by atoms with van der Waals surface area (Å²) < 4.78 is 0. The van der Waals surface area contributed by atoms with Crippen LogP contribution in [-0.2, 0) is 12.8 Å². The van der Waals surface area contributed by atoms with Crippen LogP contribution in [0.3, 0.4) is 0 Å². The summed E-state index contributed by atoms with van der Waals surface area (Å²) in [6.45, 7) is 4.37. The van der Waals surface area contributed by atoms with E-state index in [-0.39, 0.29) is 0 Å². The van der Waals surface area contributed by atoms with Crippen LogP contribution in [-0.4, -0.2) is 15.0 Å². The molecule has 0 aliphatic rings. The van der Waals surface area contributed by atoms with E-state index in [1.54, 1.807) is 0 Å². The van der Waals surface area contributed by atoms with Crippen LogP contribution in [0, 0.1) is 0 Å². The predicted molar refractivity (Wildman–Crippen MR) is 244 cm³/mol. The third-order valence-electron chi connectivity index (χ3n) is 11.5. The Balaban J connectivity index is 1.16. The maximum Gasteiger partial charge on any atom is 0.164 e. The average Bonchev–Trinajstić information content (AvgIpc) is 3.31. The zero-order valence-electron chi connectivity index (χ0n) is 32.7. The molecular weight excluding hydrogens is 703 g/mol. The molecule has 58 heavy (non-hydrogen) atoms. The fourth-order valence-corrected chi connectivity index (χ4v) is 8.30. The molecule has 3 heteroatoms. The second kappa shape index (κ2) is 15.0. The third-order valence-corrected chi connectivity index (χ3v) is 11.5. The van der Waals surface area contributed by atoms with Gasteiger partial charge in [0, 0.05) is 16.7 Å². The van der Waals surface area contributed by atoms with Gasteiger partial charge in [-0.3, -0.25) is 0 Å². The van der Waals surface area contributed by atoms with Gasteiger partial charge in [-0.1, -0.05) is 178 Å². The number of benzene rings is 9. The number of hydrogen-bond acceptors (Lipinski definition) is 3. The van der Waals surface area contributed by atoms with Gasteiger partial charge in [-0.05, 0) is 114 Å². The lowest BCUT2D eigenvalue weighted by molar-refractivity contribution is 1.08. The van der Waals surface area contributed by atoms with E-state index in [0.717, 1.165) is 62.6 Å². The second-order valence-corrected chi connectivity index (χ2v) is 15.0. The molecule has 3 nitrogen and oxygen atoms in total. The molecule has 0 amide bonds. The van der Waals surface area contributed by atoms with E-state index >= 15 is 0 Å². The summed E-state index contributed by atoms with van der Waals surface area (Å²) in [6.07, 6.45) is 2.02. The zero-order valence-corrected chi connectivity index (χ0v) is 32.7. The van der Waals surface area contributed by atoms with Gasteiger partial charge in [0.15, 0.2) is 17.5 Å². The van der Waals surface area contributed by atoms with Crippen molar-refractivity contribution in [3.63, 3.8) is 0 Å². The topological polar surface area (TPSA) is 38.7 Å². The van der Waals surface area contributed by atoms with Crippen LogP contribution >= 0.6 is 0 Å². The van der Waals surface area contributed by atoms with Crippen molar-refractivity contribution in [3.05, 3.63) is 199 Å². The van der Waals surface area contributed by atoms with Crippen LogP contribution in [0.15, 0.2) is 188 Å². The van der Waals surface area contributed by atoms with Gasteiger partial charge in [-0.25, -0.2) is 15.0 Å². The van der Waals surface area contributed by atoms with Gasteiger partial charge in [0.25, 0.3) is 0 Å². The molecular formula is C55H41N3. The Labute approximate surface area is 339 Å². The van der Waals surface area contributed by atoms with Crippen molar-refractivity contribution in [1.29, 1.82) is 0 Å². The summed E-state index contributed by atoms with van der Waals surface area (Å²) in [5.41, 5.74) is 12.5. The first-order chi connectivity index (χ1) is 28.6. The van der Waals surface area contributed by atoms with E-state index in [2.05, 4.69) is 202 Å². The largest absolute Gasteiger partial charge is 0.208 e. The molecule has 0 radical (unpaired) electrons. The second-order valence-electron chi connectivity index (χ2n) is 15.0. The Morgan fingerprint density at radius 2 is 0.724 bits per heavy atom. The van der Waals surface area contributed by atoms with Gasteiger partial charge < -0.3 is 0 Å². The predicted octanol–water partition coefficient (Wildman–Crippen LogP) is 14.5. The van der Waals surface area contributed by atoms with E-state index in [9.17, 15) is 0 Å². The Kier molecular flexibility index (Phi) is 9.12. The van der Waals surface area contributed by atoms with Crippen LogP contribution in [0.25, 0.3) is 99.9 Å². The summed E-state index contributed by atoms with van der Waals surface area (Å²) in [7, 11) is 0. The van der Waals surface area contributed by atoms with Gasteiger partial charge in [0.05, 0.1) is 0 Å². The molecule has 0 spiro atoms. The first-order valence-electron chi connectivity index (χ1n) is 20.2. The van der Waals surface area contributed by atoms with Gasteiger partial charge in [0.1, 0.15) is 0 Å². The highest BCUT2D eigenvalue weighted by molar-refractivity contribution is 6.17. The average molecular weight is 744 g/mol. The highest BCUT2D eigenvalue weighted by Gasteiger charge is 2.18. The van der Waals surface area contributed by atoms with Crippen molar-refractivity contribution in [2.45, 2.75) is 26.7 Å². The molecule has 0 aliphatic heterocycles. The molecule has 1 aromatic heterocycles. The normalized spacial score (nSPS) is 11.4. The summed E-state index contributed by atoms with van der Waals surface area (Å²) in [4.78, 5) is 15.8. The lowest BCUT2D eigenvalue weighted by Crippen LogP contribution is -2.01. The van der Waals surface area contributed by atoms with Crippen molar-refractivity contribution in [3.8, 4) is 67.5 Å². The van der Waals surface area contributed by atoms with Crippen LogP contribution in [0.2, 0.25) is 0 Å². The van der Waals surface area contributed by atoms with Crippen LogP contribution < -0.4 is 0 Å². The Morgan fingerprint density at radius 3 is 1.28 bits per heavy atom. The van der Waals surface area contributed by atoms with Gasteiger partial charge in [0.2, 0.25) is 0 Å². The molecule has 0 fully saturated rings. The van der Waals surface area contributed by atoms with Crippen molar-refractivity contribution in [2.75, 3.05) is 0 Å². The minimum atomic E-state index is 0.637. The molecule has 276 valence electrons. The summed E-state index contributed by atoms with van der Waals surface area (Å²) >= 11 is 0. The molecule has 0 saturated heterocycles. The van der Waals surface area contributed by atoms with Crippen molar-refractivity contribution in [1.82, 2.24) is 15.0 Å². The maximum atomic E-state index is 5.28. The van der Waals surface area contributed by atoms with Crippen molar-refractivity contribution < 1.29 is 0 Å². The molecule has 0 N–H and O–H groups in total. The fraction of sp³-hybridized carbons (Fsp3) is 0.0727. The minimum Gasteiger partial charge on any atom is -0.208 e. The Morgan fingerprint density at radius 1 is 0.293 bits per heavy atom. The molecule has 9 aromatic carbocycles. The molecule has 10 aromatic rings. The quantitative estimate of drug-likeness (QED) is 0.145. The molecule has 0 bridgehead atoms. The number of rotatable bonds is 8. The van der Waals surface area contributed by atoms with E-state index in [1.807, 2.05) is 0 Å². The standard InChI is InChI=1S/C55H41N3/c1-3-36-23-27-38(28-24-36)40-14-11-16-43(33-40)53-56-54(44-17-12-15-41(34-44)39-29-25-37(4-2)26-30-39)58-55(57-53)51-32-31-50(47-20-8-9-21-48(47)51)52-35-42-13-5-6-18-45(42)46-19-7-10-22-49(46)52/h5-35H,3-4H2,1-2H3. The number of aryl methyl sites for hydroxylation is 2. The summed E-state index contributed by atoms with van der Waals surface area (Å²) in [5.74, 6) is 1.92. The van der Waals surface area contributed by atoms with Crippen molar-refractivity contribution in [2.24, 2.45) is 0 Å². The smallest absolute Gasteiger partial charge is 0.164 e. The van der Waals surface area contributed by atoms with E-state index in [1.165, 1.54) is 43.8 Å². The number of aromatic nitrogens is 3. The number of hydrogen-bond donors (Lipinski definition) is 0. The zero-order chi connectivity index (χ0) is 39.0. The first kappa shape index (κ1) is 35.2.